The highest BCUT2D eigenvalue weighted by atomic mass is 16.5. The third kappa shape index (κ3) is 6.94. The topological polar surface area (TPSA) is 41.9 Å². The van der Waals surface area contributed by atoms with Gasteiger partial charge in [-0.3, -0.25) is 9.69 Å². The summed E-state index contributed by atoms with van der Waals surface area (Å²) < 4.78 is 5.01. The summed E-state index contributed by atoms with van der Waals surface area (Å²) in [4.78, 5) is 18.5. The number of hydrogen-bond acceptors (Lipinski definition) is 4. The molecule has 0 aliphatic carbocycles. The average Bonchev–Trinajstić information content (AvgIpc) is 2.67. The van der Waals surface area contributed by atoms with E-state index in [1.54, 1.807) is 0 Å². The van der Waals surface area contributed by atoms with Gasteiger partial charge in [0.2, 0.25) is 5.78 Å². The van der Waals surface area contributed by atoms with Gasteiger partial charge in [0.15, 0.2) is 0 Å². The lowest BCUT2D eigenvalue weighted by atomic mass is 9.91. The van der Waals surface area contributed by atoms with Gasteiger partial charge in [0, 0.05) is 19.2 Å². The monoisotopic (exact) mass is 370 g/mol. The molecule has 0 unspecified atom stereocenters. The molecule has 1 aromatic carbocycles. The number of ether oxygens (including phenoxy) is 1. The van der Waals surface area contributed by atoms with Gasteiger partial charge in [0.1, 0.15) is 0 Å². The van der Waals surface area contributed by atoms with E-state index < -0.39 is 0 Å². The van der Waals surface area contributed by atoms with Crippen molar-refractivity contribution in [3.63, 3.8) is 0 Å². The number of Topliss-reactive ketones (excluding diaryl/α,β-unsaturated/α-hetero) is 1. The lowest BCUT2D eigenvalue weighted by Crippen LogP contribution is -2.33. The van der Waals surface area contributed by atoms with Crippen LogP contribution >= 0.6 is 0 Å². The number of carbonyl (C=O) groups excluding carboxylic acids is 1. The van der Waals surface area contributed by atoms with Crippen LogP contribution in [-0.4, -0.2) is 36.8 Å². The zero-order valence-electron chi connectivity index (χ0n) is 17.1. The summed E-state index contributed by atoms with van der Waals surface area (Å²) in [5.74, 6) is 1.44. The molecule has 0 bridgehead atoms. The first-order valence-electron chi connectivity index (χ1n) is 10.1. The third-order valence-corrected chi connectivity index (χ3v) is 5.39. The minimum absolute atomic E-state index is 0.0279. The molecule has 0 saturated carbocycles. The summed E-state index contributed by atoms with van der Waals surface area (Å²) >= 11 is 0. The van der Waals surface area contributed by atoms with Gasteiger partial charge in [-0.15, -0.1) is 0 Å². The molecule has 148 valence electrons. The van der Waals surface area contributed by atoms with Crippen LogP contribution in [0.2, 0.25) is 0 Å². The standard InChI is InChI=1S/C23H34N2O2/c1-5-24-23(27-4)22(26)11-7-8-19-12-14-25(15-13-19)17-20-9-6-10-21(16-20)18(2)3/h5-6,9-10,16,18-19H,1,7-8,11-15,17H2,2-4H3. The van der Waals surface area contributed by atoms with Crippen molar-refractivity contribution in [2.24, 2.45) is 10.9 Å². The molecule has 0 atom stereocenters. The van der Waals surface area contributed by atoms with Gasteiger partial charge in [-0.1, -0.05) is 44.7 Å². The molecule has 1 aromatic rings. The second-order valence-electron chi connectivity index (χ2n) is 7.76. The summed E-state index contributed by atoms with van der Waals surface area (Å²) in [6.45, 7) is 11.3. The maximum atomic E-state index is 12.0. The van der Waals surface area contributed by atoms with Gasteiger partial charge in [0.25, 0.3) is 5.90 Å². The molecule has 1 saturated heterocycles. The molecule has 1 aliphatic rings. The smallest absolute Gasteiger partial charge is 0.257 e. The largest absolute Gasteiger partial charge is 0.478 e. The van der Waals surface area contributed by atoms with E-state index in [0.29, 0.717) is 12.3 Å². The number of hydrogen-bond donors (Lipinski definition) is 0. The Morgan fingerprint density at radius 1 is 1.37 bits per heavy atom. The summed E-state index contributed by atoms with van der Waals surface area (Å²) in [5, 5.41) is 0. The van der Waals surface area contributed by atoms with E-state index >= 15 is 0 Å². The first-order valence-corrected chi connectivity index (χ1v) is 10.1. The van der Waals surface area contributed by atoms with Gasteiger partial charge in [-0.25, -0.2) is 4.99 Å². The molecule has 1 aliphatic heterocycles. The first-order chi connectivity index (χ1) is 13.0. The number of benzene rings is 1. The predicted molar refractivity (Wildman–Crippen MR) is 112 cm³/mol. The summed E-state index contributed by atoms with van der Waals surface area (Å²) in [5.41, 5.74) is 2.83. The Bertz CT molecular complexity index is 644. The highest BCUT2D eigenvalue weighted by Gasteiger charge is 2.20. The number of piperidine rings is 1. The van der Waals surface area contributed by atoms with Crippen LogP contribution in [0.15, 0.2) is 42.0 Å². The van der Waals surface area contributed by atoms with Crippen LogP contribution in [0.3, 0.4) is 0 Å². The van der Waals surface area contributed by atoms with E-state index in [1.165, 1.54) is 37.3 Å². The molecule has 1 fully saturated rings. The Balaban J connectivity index is 1.71. The van der Waals surface area contributed by atoms with Crippen molar-refractivity contribution in [3.05, 3.63) is 48.2 Å². The van der Waals surface area contributed by atoms with Crippen molar-refractivity contribution in [3.8, 4) is 0 Å². The van der Waals surface area contributed by atoms with Crippen molar-refractivity contribution in [2.45, 2.75) is 58.4 Å². The number of nitrogens with zero attached hydrogens (tertiary/aromatic N) is 2. The number of carbonyl (C=O) groups is 1. The lowest BCUT2D eigenvalue weighted by Gasteiger charge is -2.32. The maximum Gasteiger partial charge on any atom is 0.257 e. The zero-order chi connectivity index (χ0) is 19.6. The Hall–Kier alpha value is -1.94. The molecule has 4 heteroatoms. The molecule has 0 amide bonds. The fraction of sp³-hybridized carbons (Fsp3) is 0.565. The summed E-state index contributed by atoms with van der Waals surface area (Å²) in [6, 6.07) is 8.98. The van der Waals surface area contributed by atoms with Crippen molar-refractivity contribution in [2.75, 3.05) is 20.2 Å². The van der Waals surface area contributed by atoms with Gasteiger partial charge in [-0.2, -0.15) is 0 Å². The van der Waals surface area contributed by atoms with Crippen LogP contribution in [0.1, 0.15) is 63.0 Å². The van der Waals surface area contributed by atoms with Crippen LogP contribution in [0, 0.1) is 5.92 Å². The van der Waals surface area contributed by atoms with E-state index in [2.05, 4.69) is 54.6 Å². The minimum atomic E-state index is -0.0279. The van der Waals surface area contributed by atoms with E-state index in [9.17, 15) is 4.79 Å². The number of methoxy groups -OCH3 is 1. The quantitative estimate of drug-likeness (QED) is 0.456. The van der Waals surface area contributed by atoms with Crippen LogP contribution in [-0.2, 0) is 16.1 Å². The fourth-order valence-electron chi connectivity index (χ4n) is 3.72. The average molecular weight is 371 g/mol. The molecule has 0 aromatic heterocycles. The first kappa shape index (κ1) is 21.4. The number of aliphatic imine (C=N–C) groups is 1. The van der Waals surface area contributed by atoms with Gasteiger partial charge >= 0.3 is 0 Å². The second kappa shape index (κ2) is 11.0. The molecule has 4 nitrogen and oxygen atoms in total. The van der Waals surface area contributed by atoms with Gasteiger partial charge < -0.3 is 4.74 Å². The van der Waals surface area contributed by atoms with Gasteiger partial charge in [-0.05, 0) is 61.7 Å². The van der Waals surface area contributed by atoms with Crippen LogP contribution in [0.4, 0.5) is 0 Å². The molecule has 2 rings (SSSR count). The molecule has 0 radical (unpaired) electrons. The van der Waals surface area contributed by atoms with Crippen LogP contribution < -0.4 is 0 Å². The Kier molecular flexibility index (Phi) is 8.73. The Morgan fingerprint density at radius 2 is 2.11 bits per heavy atom. The predicted octanol–water partition coefficient (Wildman–Crippen LogP) is 4.95. The molecular formula is C23H34N2O2. The number of ketones is 1. The van der Waals surface area contributed by atoms with Crippen LogP contribution in [0.25, 0.3) is 0 Å². The van der Waals surface area contributed by atoms with Crippen LogP contribution in [0.5, 0.6) is 0 Å². The highest BCUT2D eigenvalue weighted by Crippen LogP contribution is 2.24. The van der Waals surface area contributed by atoms with E-state index in [4.69, 9.17) is 4.74 Å². The second-order valence-corrected chi connectivity index (χ2v) is 7.76. The molecule has 1 heterocycles. The van der Waals surface area contributed by atoms with E-state index in [-0.39, 0.29) is 11.7 Å². The zero-order valence-corrected chi connectivity index (χ0v) is 17.1. The SMILES string of the molecule is C=CN=C(OC)C(=O)CCCC1CCN(Cc2cccc(C(C)C)c2)CC1. The maximum absolute atomic E-state index is 12.0. The lowest BCUT2D eigenvalue weighted by molar-refractivity contribution is -0.114. The highest BCUT2D eigenvalue weighted by molar-refractivity contribution is 6.36. The number of likely N-dealkylation sites (tertiary alicyclic amines) is 1. The summed E-state index contributed by atoms with van der Waals surface area (Å²) in [6.07, 6.45) is 6.30. The van der Waals surface area contributed by atoms with E-state index in [0.717, 1.165) is 38.4 Å². The third-order valence-electron chi connectivity index (χ3n) is 5.39. The minimum Gasteiger partial charge on any atom is -0.478 e. The Labute approximate surface area is 164 Å². The fourth-order valence-corrected chi connectivity index (χ4v) is 3.72. The molecule has 0 spiro atoms. The molecule has 27 heavy (non-hydrogen) atoms. The number of rotatable bonds is 9. The van der Waals surface area contributed by atoms with Crippen molar-refractivity contribution < 1.29 is 9.53 Å². The van der Waals surface area contributed by atoms with E-state index in [1.807, 2.05) is 0 Å². The molecule has 0 N–H and O–H groups in total. The van der Waals surface area contributed by atoms with Crippen molar-refractivity contribution in [1.29, 1.82) is 0 Å². The van der Waals surface area contributed by atoms with Gasteiger partial charge in [0.05, 0.1) is 7.11 Å². The molecular weight excluding hydrogens is 336 g/mol. The normalized spacial score (nSPS) is 16.5. The van der Waals surface area contributed by atoms with Crippen molar-refractivity contribution >= 4 is 11.7 Å². The summed E-state index contributed by atoms with van der Waals surface area (Å²) in [7, 11) is 1.48. The van der Waals surface area contributed by atoms with Crippen molar-refractivity contribution in [1.82, 2.24) is 4.90 Å². The Morgan fingerprint density at radius 3 is 2.74 bits per heavy atom.